The smallest absolute Gasteiger partial charge is 0.230 e. The summed E-state index contributed by atoms with van der Waals surface area (Å²) >= 11 is 1.50. The zero-order valence-electron chi connectivity index (χ0n) is 19.0. The first-order valence-corrected chi connectivity index (χ1v) is 13.2. The van der Waals surface area contributed by atoms with Crippen LogP contribution in [0.25, 0.3) is 10.8 Å². The topological polar surface area (TPSA) is 69.0 Å². The highest BCUT2D eigenvalue weighted by Crippen LogP contribution is 2.33. The Balaban J connectivity index is 1.33. The number of aromatic nitrogens is 3. The highest BCUT2D eigenvalue weighted by atomic mass is 32.2. The lowest BCUT2D eigenvalue weighted by Crippen LogP contribution is -2.33. The highest BCUT2D eigenvalue weighted by Gasteiger charge is 2.24. The number of nitrogens with one attached hydrogen (secondary N) is 1. The molecular weight excluding hydrogens is 432 g/mol. The van der Waals surface area contributed by atoms with Gasteiger partial charge in [-0.05, 0) is 42.0 Å². The van der Waals surface area contributed by atoms with Crippen LogP contribution in [-0.4, -0.2) is 45.7 Å². The third-order valence-electron chi connectivity index (χ3n) is 6.79. The molecule has 3 aromatic rings. The zero-order chi connectivity index (χ0) is 22.5. The summed E-state index contributed by atoms with van der Waals surface area (Å²) in [5.74, 6) is 1.39. The van der Waals surface area contributed by atoms with Crippen LogP contribution in [0.5, 0.6) is 0 Å². The minimum absolute atomic E-state index is 0.0318. The second-order valence-corrected chi connectivity index (χ2v) is 10.0. The van der Waals surface area contributed by atoms with Crippen LogP contribution in [0.3, 0.4) is 0 Å². The van der Waals surface area contributed by atoms with Gasteiger partial charge in [-0.25, -0.2) is 0 Å². The molecule has 0 radical (unpaired) electrons. The van der Waals surface area contributed by atoms with Gasteiger partial charge in [0, 0.05) is 25.6 Å². The fraction of sp³-hybridized carbons (Fsp3) is 0.500. The van der Waals surface area contributed by atoms with E-state index in [0.717, 1.165) is 49.7 Å². The van der Waals surface area contributed by atoms with Gasteiger partial charge in [-0.3, -0.25) is 4.79 Å². The predicted molar refractivity (Wildman–Crippen MR) is 132 cm³/mol. The van der Waals surface area contributed by atoms with E-state index in [2.05, 4.69) is 62.5 Å². The fourth-order valence-electron chi connectivity index (χ4n) is 5.06. The number of hydrogen-bond acceptors (Lipinski definition) is 5. The molecule has 1 aromatic heterocycles. The third-order valence-corrected chi connectivity index (χ3v) is 7.73. The number of hydrogen-bond donors (Lipinski definition) is 1. The van der Waals surface area contributed by atoms with E-state index in [1.165, 1.54) is 47.4 Å². The SMILES string of the molecule is O=C(CSc1nnc(Cc2cccc3ccccc23)n1C1CCCCC1)NC[C@H]1CCCO1. The molecule has 2 aromatic carbocycles. The molecule has 2 aliphatic rings. The number of benzene rings is 2. The normalized spacial score (nSPS) is 19.2. The van der Waals surface area contributed by atoms with Gasteiger partial charge in [0.2, 0.25) is 5.91 Å². The molecule has 0 unspecified atom stereocenters. The second kappa shape index (κ2) is 10.7. The van der Waals surface area contributed by atoms with Gasteiger partial charge in [0.1, 0.15) is 5.82 Å². The number of rotatable bonds is 8. The van der Waals surface area contributed by atoms with Crippen LogP contribution < -0.4 is 5.32 Å². The number of fused-ring (bicyclic) bond motifs is 1. The summed E-state index contributed by atoms with van der Waals surface area (Å²) in [5.41, 5.74) is 1.27. The molecule has 2 heterocycles. The molecule has 1 N–H and O–H groups in total. The molecule has 5 rings (SSSR count). The minimum atomic E-state index is 0.0318. The molecule has 1 aliphatic carbocycles. The van der Waals surface area contributed by atoms with E-state index in [0.29, 0.717) is 18.3 Å². The number of ether oxygens (including phenoxy) is 1. The first kappa shape index (κ1) is 22.4. The molecule has 1 saturated heterocycles. The van der Waals surface area contributed by atoms with Crippen molar-refractivity contribution in [3.8, 4) is 0 Å². The van der Waals surface area contributed by atoms with E-state index in [1.807, 2.05) is 0 Å². The van der Waals surface area contributed by atoms with Gasteiger partial charge in [0.15, 0.2) is 5.16 Å². The van der Waals surface area contributed by atoms with Crippen LogP contribution in [0.1, 0.15) is 62.4 Å². The molecule has 0 spiro atoms. The summed E-state index contributed by atoms with van der Waals surface area (Å²) in [4.78, 5) is 12.5. The van der Waals surface area contributed by atoms with Gasteiger partial charge in [0.05, 0.1) is 11.9 Å². The van der Waals surface area contributed by atoms with E-state index in [4.69, 9.17) is 4.74 Å². The van der Waals surface area contributed by atoms with Gasteiger partial charge in [-0.1, -0.05) is 73.5 Å². The van der Waals surface area contributed by atoms with Crippen molar-refractivity contribution < 1.29 is 9.53 Å². The van der Waals surface area contributed by atoms with Crippen molar-refractivity contribution >= 4 is 28.4 Å². The Morgan fingerprint density at radius 3 is 2.73 bits per heavy atom. The van der Waals surface area contributed by atoms with Crippen molar-refractivity contribution in [2.24, 2.45) is 0 Å². The Morgan fingerprint density at radius 1 is 1.03 bits per heavy atom. The van der Waals surface area contributed by atoms with Gasteiger partial charge in [0.25, 0.3) is 0 Å². The van der Waals surface area contributed by atoms with Crippen molar-refractivity contribution in [3.05, 3.63) is 53.9 Å². The third kappa shape index (κ3) is 5.41. The monoisotopic (exact) mass is 464 g/mol. The fourth-order valence-corrected chi connectivity index (χ4v) is 5.92. The van der Waals surface area contributed by atoms with Crippen LogP contribution >= 0.6 is 11.8 Å². The van der Waals surface area contributed by atoms with Crippen molar-refractivity contribution in [1.29, 1.82) is 0 Å². The molecule has 174 valence electrons. The van der Waals surface area contributed by atoms with Crippen molar-refractivity contribution in [1.82, 2.24) is 20.1 Å². The minimum Gasteiger partial charge on any atom is -0.376 e. The first-order chi connectivity index (χ1) is 16.3. The molecule has 1 amide bonds. The number of amides is 1. The molecule has 33 heavy (non-hydrogen) atoms. The largest absolute Gasteiger partial charge is 0.376 e. The van der Waals surface area contributed by atoms with Crippen LogP contribution in [0.4, 0.5) is 0 Å². The van der Waals surface area contributed by atoms with E-state index in [9.17, 15) is 4.79 Å². The van der Waals surface area contributed by atoms with Crippen LogP contribution in [-0.2, 0) is 16.0 Å². The maximum absolute atomic E-state index is 12.5. The maximum Gasteiger partial charge on any atom is 0.230 e. The van der Waals surface area contributed by atoms with Gasteiger partial charge in [-0.15, -0.1) is 10.2 Å². The first-order valence-electron chi connectivity index (χ1n) is 12.2. The Morgan fingerprint density at radius 2 is 1.88 bits per heavy atom. The molecule has 0 bridgehead atoms. The van der Waals surface area contributed by atoms with E-state index in [1.54, 1.807) is 0 Å². The molecule has 2 fully saturated rings. The van der Waals surface area contributed by atoms with E-state index < -0.39 is 0 Å². The number of thioether (sulfide) groups is 1. The summed E-state index contributed by atoms with van der Waals surface area (Å²) in [6, 6.07) is 15.4. The quantitative estimate of drug-likeness (QED) is 0.480. The molecule has 7 heteroatoms. The molecule has 6 nitrogen and oxygen atoms in total. The summed E-state index contributed by atoms with van der Waals surface area (Å²) < 4.78 is 7.94. The van der Waals surface area contributed by atoms with E-state index >= 15 is 0 Å². The van der Waals surface area contributed by atoms with Crippen LogP contribution in [0, 0.1) is 0 Å². The predicted octanol–water partition coefficient (Wildman–Crippen LogP) is 4.91. The van der Waals surface area contributed by atoms with Crippen LogP contribution in [0.15, 0.2) is 47.6 Å². The lowest BCUT2D eigenvalue weighted by atomic mass is 9.95. The maximum atomic E-state index is 12.5. The number of carbonyl (C=O) groups excluding carboxylic acids is 1. The van der Waals surface area contributed by atoms with Crippen LogP contribution in [0.2, 0.25) is 0 Å². The summed E-state index contributed by atoms with van der Waals surface area (Å²) in [6.07, 6.45) is 9.10. The number of nitrogens with zero attached hydrogens (tertiary/aromatic N) is 3. The van der Waals surface area contributed by atoms with Gasteiger partial charge in [-0.2, -0.15) is 0 Å². The lowest BCUT2D eigenvalue weighted by molar-refractivity contribution is -0.119. The molecule has 1 saturated carbocycles. The average Bonchev–Trinajstić information content (AvgIpc) is 3.52. The summed E-state index contributed by atoms with van der Waals surface area (Å²) in [5, 5.41) is 15.6. The lowest BCUT2D eigenvalue weighted by Gasteiger charge is -2.25. The average molecular weight is 465 g/mol. The summed E-state index contributed by atoms with van der Waals surface area (Å²) in [6.45, 7) is 1.40. The van der Waals surface area contributed by atoms with Crippen molar-refractivity contribution in [2.75, 3.05) is 18.9 Å². The van der Waals surface area contributed by atoms with Crippen molar-refractivity contribution in [2.45, 2.75) is 68.7 Å². The van der Waals surface area contributed by atoms with Crippen molar-refractivity contribution in [3.63, 3.8) is 0 Å². The number of carbonyl (C=O) groups is 1. The Hall–Kier alpha value is -2.38. The standard InChI is InChI=1S/C26H32N4O2S/c31-25(27-17-22-13-7-15-32-22)18-33-26-29-28-24(30(26)21-11-2-1-3-12-21)16-20-10-6-9-19-8-4-5-14-23(19)20/h4-6,8-10,14,21-22H,1-3,7,11-13,15-18H2,(H,27,31)/t22-/m1/s1. The Labute approximate surface area is 199 Å². The summed E-state index contributed by atoms with van der Waals surface area (Å²) in [7, 11) is 0. The zero-order valence-corrected chi connectivity index (χ0v) is 19.9. The molecular formula is C26H32N4O2S. The second-order valence-electron chi connectivity index (χ2n) is 9.10. The molecule has 1 atom stereocenters. The van der Waals surface area contributed by atoms with Gasteiger partial charge >= 0.3 is 0 Å². The van der Waals surface area contributed by atoms with E-state index in [-0.39, 0.29) is 12.0 Å². The Kier molecular flexibility index (Phi) is 7.27. The molecule has 1 aliphatic heterocycles. The Bertz CT molecular complexity index is 1080. The van der Waals surface area contributed by atoms with Gasteiger partial charge < -0.3 is 14.6 Å². The highest BCUT2D eigenvalue weighted by molar-refractivity contribution is 7.99.